The molecule has 2 heteroatoms. The van der Waals surface area contributed by atoms with Crippen molar-refractivity contribution in [3.63, 3.8) is 0 Å². The summed E-state index contributed by atoms with van der Waals surface area (Å²) in [6, 6.07) is 7.74. The summed E-state index contributed by atoms with van der Waals surface area (Å²) in [4.78, 5) is 0. The molecule has 52 valence electrons. The maximum absolute atomic E-state index is 8.18. The van der Waals surface area contributed by atoms with Crippen LogP contribution in [0.2, 0.25) is 0 Å². The Bertz CT molecular complexity index is 243. The molecule has 0 heterocycles. The van der Waals surface area contributed by atoms with E-state index < -0.39 is 0 Å². The van der Waals surface area contributed by atoms with E-state index in [2.05, 4.69) is 5.16 Å². The smallest absolute Gasteiger partial charge is 0.0733 e. The normalized spacial score (nSPS) is 10.5. The van der Waals surface area contributed by atoms with Crippen LogP contribution in [0.1, 0.15) is 11.1 Å². The SMILES string of the molecule is Cc1cccc(C=NO)c1. The summed E-state index contributed by atoms with van der Waals surface area (Å²) < 4.78 is 0. The highest BCUT2D eigenvalue weighted by Crippen LogP contribution is 2.00. The molecule has 0 saturated heterocycles. The molecular weight excluding hydrogens is 126 g/mol. The van der Waals surface area contributed by atoms with Crippen molar-refractivity contribution in [2.45, 2.75) is 6.92 Å². The van der Waals surface area contributed by atoms with Crippen LogP contribution in [0.4, 0.5) is 0 Å². The summed E-state index contributed by atoms with van der Waals surface area (Å²) in [7, 11) is 0. The maximum atomic E-state index is 8.18. The lowest BCUT2D eigenvalue weighted by Gasteiger charge is -1.91. The molecule has 0 aliphatic rings. The number of nitrogens with zero attached hydrogens (tertiary/aromatic N) is 1. The van der Waals surface area contributed by atoms with Gasteiger partial charge in [0.05, 0.1) is 6.21 Å². The van der Waals surface area contributed by atoms with Crippen molar-refractivity contribution >= 4 is 6.21 Å². The second-order valence-corrected chi connectivity index (χ2v) is 2.16. The standard InChI is InChI=1S/C8H9NO/c1-7-3-2-4-8(5-7)6-9-10/h2-6,10H,1H3. The molecule has 10 heavy (non-hydrogen) atoms. The van der Waals surface area contributed by atoms with Crippen molar-refractivity contribution in [2.75, 3.05) is 0 Å². The van der Waals surface area contributed by atoms with Crippen LogP contribution < -0.4 is 0 Å². The molecule has 0 aromatic heterocycles. The predicted octanol–water partition coefficient (Wildman–Crippen LogP) is 1.80. The van der Waals surface area contributed by atoms with Gasteiger partial charge in [0.2, 0.25) is 0 Å². The molecular formula is C8H9NO. The number of hydrogen-bond acceptors (Lipinski definition) is 2. The van der Waals surface area contributed by atoms with Crippen molar-refractivity contribution < 1.29 is 5.21 Å². The van der Waals surface area contributed by atoms with Gasteiger partial charge in [-0.1, -0.05) is 35.0 Å². The molecule has 0 saturated carbocycles. The summed E-state index contributed by atoms with van der Waals surface area (Å²) in [5, 5.41) is 11.1. The van der Waals surface area contributed by atoms with Crippen LogP contribution in [0.3, 0.4) is 0 Å². The summed E-state index contributed by atoms with van der Waals surface area (Å²) >= 11 is 0. The van der Waals surface area contributed by atoms with Gasteiger partial charge >= 0.3 is 0 Å². The summed E-state index contributed by atoms with van der Waals surface area (Å²) in [6.45, 7) is 1.99. The number of aryl methyl sites for hydroxylation is 1. The average Bonchev–Trinajstić information content (AvgIpc) is 1.88. The minimum Gasteiger partial charge on any atom is -0.411 e. The lowest BCUT2D eigenvalue weighted by atomic mass is 10.2. The van der Waals surface area contributed by atoms with E-state index in [1.807, 2.05) is 31.2 Å². The van der Waals surface area contributed by atoms with Gasteiger partial charge in [-0.3, -0.25) is 0 Å². The number of hydrogen-bond donors (Lipinski definition) is 1. The van der Waals surface area contributed by atoms with Gasteiger partial charge in [-0.15, -0.1) is 0 Å². The highest BCUT2D eigenvalue weighted by molar-refractivity contribution is 5.79. The molecule has 1 N–H and O–H groups in total. The Labute approximate surface area is 59.8 Å². The molecule has 2 nitrogen and oxygen atoms in total. The van der Waals surface area contributed by atoms with E-state index in [1.54, 1.807) is 0 Å². The fraction of sp³-hybridized carbons (Fsp3) is 0.125. The molecule has 1 aromatic carbocycles. The van der Waals surface area contributed by atoms with Gasteiger partial charge in [-0.2, -0.15) is 0 Å². The highest BCUT2D eigenvalue weighted by atomic mass is 16.4. The molecule has 0 aliphatic carbocycles. The molecule has 0 spiro atoms. The zero-order valence-electron chi connectivity index (χ0n) is 5.78. The van der Waals surface area contributed by atoms with Gasteiger partial charge < -0.3 is 5.21 Å². The van der Waals surface area contributed by atoms with E-state index in [0.717, 1.165) is 11.1 Å². The van der Waals surface area contributed by atoms with Crippen LogP contribution in [-0.2, 0) is 0 Å². The second-order valence-electron chi connectivity index (χ2n) is 2.16. The maximum Gasteiger partial charge on any atom is 0.0733 e. The van der Waals surface area contributed by atoms with Crippen LogP contribution >= 0.6 is 0 Å². The summed E-state index contributed by atoms with van der Waals surface area (Å²) in [5.41, 5.74) is 2.08. The third-order valence-corrected chi connectivity index (χ3v) is 1.25. The zero-order chi connectivity index (χ0) is 7.40. The lowest BCUT2D eigenvalue weighted by Crippen LogP contribution is -1.80. The first-order chi connectivity index (χ1) is 4.83. The summed E-state index contributed by atoms with van der Waals surface area (Å²) in [5.74, 6) is 0. The Hall–Kier alpha value is -1.31. The van der Waals surface area contributed by atoms with Crippen LogP contribution in [0.5, 0.6) is 0 Å². The monoisotopic (exact) mass is 135 g/mol. The third-order valence-electron chi connectivity index (χ3n) is 1.25. The molecule has 0 bridgehead atoms. The van der Waals surface area contributed by atoms with E-state index in [9.17, 15) is 0 Å². The van der Waals surface area contributed by atoms with Crippen molar-refractivity contribution in [3.8, 4) is 0 Å². The molecule has 0 aliphatic heterocycles. The van der Waals surface area contributed by atoms with E-state index in [0.29, 0.717) is 0 Å². The van der Waals surface area contributed by atoms with Crippen LogP contribution in [0, 0.1) is 6.92 Å². The fourth-order valence-corrected chi connectivity index (χ4v) is 0.817. The Morgan fingerprint density at radius 1 is 1.50 bits per heavy atom. The van der Waals surface area contributed by atoms with Crippen LogP contribution in [-0.4, -0.2) is 11.4 Å². The van der Waals surface area contributed by atoms with E-state index in [1.165, 1.54) is 6.21 Å². The molecule has 0 fully saturated rings. The Morgan fingerprint density at radius 2 is 2.30 bits per heavy atom. The largest absolute Gasteiger partial charge is 0.411 e. The van der Waals surface area contributed by atoms with Gasteiger partial charge in [0, 0.05) is 0 Å². The number of oxime groups is 1. The highest BCUT2D eigenvalue weighted by Gasteiger charge is 1.86. The first kappa shape index (κ1) is 6.81. The minimum absolute atomic E-state index is 0.919. The van der Waals surface area contributed by atoms with Crippen LogP contribution in [0.15, 0.2) is 29.4 Å². The zero-order valence-corrected chi connectivity index (χ0v) is 5.78. The molecule has 0 atom stereocenters. The van der Waals surface area contributed by atoms with Crippen molar-refractivity contribution in [3.05, 3.63) is 35.4 Å². The summed E-state index contributed by atoms with van der Waals surface area (Å²) in [6.07, 6.45) is 1.41. The Kier molecular flexibility index (Phi) is 2.05. The van der Waals surface area contributed by atoms with Crippen molar-refractivity contribution in [1.29, 1.82) is 0 Å². The Balaban J connectivity index is 2.95. The van der Waals surface area contributed by atoms with Crippen LogP contribution in [0.25, 0.3) is 0 Å². The molecule has 0 amide bonds. The predicted molar refractivity (Wildman–Crippen MR) is 40.6 cm³/mol. The number of benzene rings is 1. The second kappa shape index (κ2) is 3.01. The molecule has 1 rings (SSSR count). The molecule has 0 radical (unpaired) electrons. The van der Waals surface area contributed by atoms with Gasteiger partial charge in [0.15, 0.2) is 0 Å². The van der Waals surface area contributed by atoms with Gasteiger partial charge in [0.25, 0.3) is 0 Å². The van der Waals surface area contributed by atoms with Gasteiger partial charge in [-0.25, -0.2) is 0 Å². The van der Waals surface area contributed by atoms with E-state index in [4.69, 9.17) is 5.21 Å². The molecule has 1 aromatic rings. The van der Waals surface area contributed by atoms with E-state index in [-0.39, 0.29) is 0 Å². The quantitative estimate of drug-likeness (QED) is 0.355. The third kappa shape index (κ3) is 1.58. The van der Waals surface area contributed by atoms with Gasteiger partial charge in [-0.05, 0) is 12.5 Å². The average molecular weight is 135 g/mol. The first-order valence-corrected chi connectivity index (χ1v) is 3.07. The fourth-order valence-electron chi connectivity index (χ4n) is 0.817. The minimum atomic E-state index is 0.919. The van der Waals surface area contributed by atoms with Gasteiger partial charge in [0.1, 0.15) is 0 Å². The topological polar surface area (TPSA) is 32.6 Å². The first-order valence-electron chi connectivity index (χ1n) is 3.07. The van der Waals surface area contributed by atoms with E-state index >= 15 is 0 Å². The molecule has 0 unspecified atom stereocenters. The Morgan fingerprint density at radius 3 is 2.90 bits per heavy atom. The van der Waals surface area contributed by atoms with Crippen molar-refractivity contribution in [2.24, 2.45) is 5.16 Å². The van der Waals surface area contributed by atoms with Crippen molar-refractivity contribution in [1.82, 2.24) is 0 Å². The lowest BCUT2D eigenvalue weighted by molar-refractivity contribution is 0.322. The number of rotatable bonds is 1.